The number of nitro groups is 1. The molecule has 2 aromatic rings. The van der Waals surface area contributed by atoms with Crippen molar-refractivity contribution in [3.63, 3.8) is 0 Å². The molecular weight excluding hydrogens is 345 g/mol. The van der Waals surface area contributed by atoms with Crippen molar-refractivity contribution >= 4 is 27.9 Å². The molecule has 0 N–H and O–H groups in total. The molecule has 108 valence electrons. The van der Waals surface area contributed by atoms with Gasteiger partial charge in [-0.2, -0.15) is 4.39 Å². The standard InChI is InChI=1S/C14H9BrFNO4/c15-11-5-9(7-18)2-4-14(11)21-8-10-1-3-13(17(19)20)12(16)6-10/h1-7H,8H2. The molecule has 2 rings (SSSR count). The number of carbonyl (C=O) groups excluding carboxylic acids is 1. The highest BCUT2D eigenvalue weighted by atomic mass is 79.9. The smallest absolute Gasteiger partial charge is 0.304 e. The van der Waals surface area contributed by atoms with E-state index in [1.807, 2.05) is 0 Å². The molecule has 0 atom stereocenters. The zero-order valence-electron chi connectivity index (χ0n) is 10.6. The molecule has 0 saturated carbocycles. The largest absolute Gasteiger partial charge is 0.488 e. The molecule has 0 aliphatic rings. The Labute approximate surface area is 127 Å². The van der Waals surface area contributed by atoms with E-state index in [-0.39, 0.29) is 6.61 Å². The lowest BCUT2D eigenvalue weighted by Crippen LogP contribution is -1.99. The number of hydrogen-bond acceptors (Lipinski definition) is 4. The molecule has 0 unspecified atom stereocenters. The van der Waals surface area contributed by atoms with Crippen molar-refractivity contribution in [2.24, 2.45) is 0 Å². The summed E-state index contributed by atoms with van der Waals surface area (Å²) in [4.78, 5) is 20.3. The SMILES string of the molecule is O=Cc1ccc(OCc2ccc([N+](=O)[O-])c(F)c2)c(Br)c1. The lowest BCUT2D eigenvalue weighted by atomic mass is 10.2. The van der Waals surface area contributed by atoms with Gasteiger partial charge in [-0.05, 0) is 51.8 Å². The van der Waals surface area contributed by atoms with E-state index in [9.17, 15) is 19.3 Å². The monoisotopic (exact) mass is 353 g/mol. The van der Waals surface area contributed by atoms with Gasteiger partial charge >= 0.3 is 5.69 Å². The zero-order valence-corrected chi connectivity index (χ0v) is 12.2. The molecule has 0 aromatic heterocycles. The first kappa shape index (κ1) is 15.1. The molecule has 0 bridgehead atoms. The maximum Gasteiger partial charge on any atom is 0.304 e. The molecule has 0 saturated heterocycles. The van der Waals surface area contributed by atoms with Crippen LogP contribution in [0.4, 0.5) is 10.1 Å². The lowest BCUT2D eigenvalue weighted by molar-refractivity contribution is -0.387. The Balaban J connectivity index is 2.11. The molecule has 0 aliphatic carbocycles. The lowest BCUT2D eigenvalue weighted by Gasteiger charge is -2.08. The number of ether oxygens (including phenoxy) is 1. The molecule has 0 amide bonds. The second kappa shape index (κ2) is 6.45. The average molecular weight is 354 g/mol. The van der Waals surface area contributed by atoms with E-state index in [1.165, 1.54) is 6.07 Å². The predicted molar refractivity (Wildman–Crippen MR) is 76.9 cm³/mol. The fourth-order valence-corrected chi connectivity index (χ4v) is 2.17. The molecular formula is C14H9BrFNO4. The van der Waals surface area contributed by atoms with Crippen molar-refractivity contribution in [3.05, 3.63) is 67.9 Å². The summed E-state index contributed by atoms with van der Waals surface area (Å²) in [5.41, 5.74) is 0.385. The Kier molecular flexibility index (Phi) is 4.64. The van der Waals surface area contributed by atoms with Gasteiger partial charge in [0.2, 0.25) is 5.82 Å². The number of hydrogen-bond donors (Lipinski definition) is 0. The third-order valence-electron chi connectivity index (χ3n) is 2.70. The minimum Gasteiger partial charge on any atom is -0.488 e. The molecule has 0 radical (unpaired) electrons. The summed E-state index contributed by atoms with van der Waals surface area (Å²) >= 11 is 3.26. The minimum absolute atomic E-state index is 0.0496. The van der Waals surface area contributed by atoms with Crippen LogP contribution >= 0.6 is 15.9 Å². The van der Waals surface area contributed by atoms with E-state index in [2.05, 4.69) is 15.9 Å². The van der Waals surface area contributed by atoms with Gasteiger partial charge in [-0.25, -0.2) is 0 Å². The molecule has 0 fully saturated rings. The van der Waals surface area contributed by atoms with Crippen LogP contribution in [-0.4, -0.2) is 11.2 Å². The van der Waals surface area contributed by atoms with Crippen LogP contribution in [0.1, 0.15) is 15.9 Å². The Bertz CT molecular complexity index is 705. The van der Waals surface area contributed by atoms with Crippen LogP contribution in [0, 0.1) is 15.9 Å². The van der Waals surface area contributed by atoms with Crippen LogP contribution < -0.4 is 4.74 Å². The van der Waals surface area contributed by atoms with Gasteiger partial charge < -0.3 is 4.74 Å². The maximum absolute atomic E-state index is 13.5. The van der Waals surface area contributed by atoms with Gasteiger partial charge in [0.1, 0.15) is 18.6 Å². The average Bonchev–Trinajstić information content (AvgIpc) is 2.45. The highest BCUT2D eigenvalue weighted by Crippen LogP contribution is 2.27. The summed E-state index contributed by atoms with van der Waals surface area (Å²) < 4.78 is 19.5. The summed E-state index contributed by atoms with van der Waals surface area (Å²) in [7, 11) is 0. The maximum atomic E-state index is 13.5. The summed E-state index contributed by atoms with van der Waals surface area (Å²) in [5.74, 6) is -0.421. The van der Waals surface area contributed by atoms with Gasteiger partial charge in [0, 0.05) is 11.6 Å². The fraction of sp³-hybridized carbons (Fsp3) is 0.0714. The molecule has 0 aliphatic heterocycles. The van der Waals surface area contributed by atoms with Crippen molar-refractivity contribution in [1.82, 2.24) is 0 Å². The fourth-order valence-electron chi connectivity index (χ4n) is 1.66. The van der Waals surface area contributed by atoms with Gasteiger partial charge in [-0.3, -0.25) is 14.9 Å². The number of rotatable bonds is 5. The van der Waals surface area contributed by atoms with Crippen LogP contribution in [0.2, 0.25) is 0 Å². The molecule has 0 spiro atoms. The topological polar surface area (TPSA) is 69.4 Å². The van der Waals surface area contributed by atoms with Crippen molar-refractivity contribution in [2.75, 3.05) is 0 Å². The molecule has 5 nitrogen and oxygen atoms in total. The minimum atomic E-state index is -0.906. The van der Waals surface area contributed by atoms with Crippen LogP contribution in [0.5, 0.6) is 5.75 Å². The first-order chi connectivity index (χ1) is 10.0. The Morgan fingerprint density at radius 3 is 2.62 bits per heavy atom. The van der Waals surface area contributed by atoms with Gasteiger partial charge in [0.15, 0.2) is 0 Å². The van der Waals surface area contributed by atoms with Crippen molar-refractivity contribution in [1.29, 1.82) is 0 Å². The number of benzene rings is 2. The Hall–Kier alpha value is -2.28. The highest BCUT2D eigenvalue weighted by molar-refractivity contribution is 9.10. The second-order valence-electron chi connectivity index (χ2n) is 4.14. The van der Waals surface area contributed by atoms with E-state index < -0.39 is 16.4 Å². The van der Waals surface area contributed by atoms with E-state index >= 15 is 0 Å². The number of nitro benzene ring substituents is 1. The number of aldehydes is 1. The summed E-state index contributed by atoms with van der Waals surface area (Å²) in [6.07, 6.45) is 0.709. The van der Waals surface area contributed by atoms with E-state index in [4.69, 9.17) is 4.74 Å². The quantitative estimate of drug-likeness (QED) is 0.464. The number of nitrogens with zero attached hydrogens (tertiary/aromatic N) is 1. The first-order valence-corrected chi connectivity index (χ1v) is 6.61. The van der Waals surface area contributed by atoms with Crippen molar-refractivity contribution in [3.8, 4) is 5.75 Å². The van der Waals surface area contributed by atoms with Gasteiger partial charge in [-0.15, -0.1) is 0 Å². The van der Waals surface area contributed by atoms with Crippen LogP contribution in [0.15, 0.2) is 40.9 Å². The summed E-state index contributed by atoms with van der Waals surface area (Å²) in [6, 6.07) is 8.37. The van der Waals surface area contributed by atoms with E-state index in [0.29, 0.717) is 27.6 Å². The van der Waals surface area contributed by atoms with Gasteiger partial charge in [0.05, 0.1) is 9.40 Å². The molecule has 7 heteroatoms. The third-order valence-corrected chi connectivity index (χ3v) is 3.31. The Morgan fingerprint density at radius 2 is 2.05 bits per heavy atom. The molecule has 21 heavy (non-hydrogen) atoms. The first-order valence-electron chi connectivity index (χ1n) is 5.81. The number of halogens is 2. The molecule has 2 aromatic carbocycles. The van der Waals surface area contributed by atoms with E-state index in [1.54, 1.807) is 18.2 Å². The van der Waals surface area contributed by atoms with Crippen LogP contribution in [0.25, 0.3) is 0 Å². The molecule has 0 heterocycles. The second-order valence-corrected chi connectivity index (χ2v) is 4.99. The van der Waals surface area contributed by atoms with Gasteiger partial charge in [0.25, 0.3) is 0 Å². The van der Waals surface area contributed by atoms with Crippen molar-refractivity contribution < 1.29 is 18.8 Å². The third kappa shape index (κ3) is 3.63. The summed E-state index contributed by atoms with van der Waals surface area (Å²) in [5, 5.41) is 10.5. The van der Waals surface area contributed by atoms with E-state index in [0.717, 1.165) is 12.1 Å². The number of carbonyl (C=O) groups is 1. The highest BCUT2D eigenvalue weighted by Gasteiger charge is 2.14. The van der Waals surface area contributed by atoms with Crippen LogP contribution in [-0.2, 0) is 6.61 Å². The Morgan fingerprint density at radius 1 is 1.29 bits per heavy atom. The predicted octanol–water partition coefficient (Wildman–Crippen LogP) is 3.89. The van der Waals surface area contributed by atoms with Crippen molar-refractivity contribution in [2.45, 2.75) is 6.61 Å². The zero-order chi connectivity index (χ0) is 15.4. The van der Waals surface area contributed by atoms with Crippen LogP contribution in [0.3, 0.4) is 0 Å². The van der Waals surface area contributed by atoms with Gasteiger partial charge in [-0.1, -0.05) is 0 Å². The summed E-state index contributed by atoms with van der Waals surface area (Å²) in [6.45, 7) is 0.0496. The normalized spacial score (nSPS) is 10.2.